The Labute approximate surface area is 199 Å². The molecule has 1 saturated heterocycles. The summed E-state index contributed by atoms with van der Waals surface area (Å²) in [6.45, 7) is 3.23. The summed E-state index contributed by atoms with van der Waals surface area (Å²) in [5.74, 6) is 0.890. The number of anilines is 1. The van der Waals surface area contributed by atoms with Gasteiger partial charge in [-0.2, -0.15) is 0 Å². The molecule has 0 spiro atoms. The quantitative estimate of drug-likeness (QED) is 0.592. The number of hydrogen-bond donors (Lipinski definition) is 1. The number of rotatable bonds is 7. The van der Waals surface area contributed by atoms with Crippen molar-refractivity contribution in [2.24, 2.45) is 5.92 Å². The van der Waals surface area contributed by atoms with Gasteiger partial charge in [0.05, 0.1) is 0 Å². The first-order valence-electron chi connectivity index (χ1n) is 11.9. The Morgan fingerprint density at radius 1 is 0.971 bits per heavy atom. The first-order chi connectivity index (χ1) is 16.7. The maximum Gasteiger partial charge on any atom is 0.254 e. The van der Waals surface area contributed by atoms with Gasteiger partial charge in [0.2, 0.25) is 11.9 Å². The van der Waals surface area contributed by atoms with E-state index in [1.165, 1.54) is 0 Å². The van der Waals surface area contributed by atoms with Crippen molar-refractivity contribution in [2.45, 2.75) is 25.3 Å². The minimum absolute atomic E-state index is 0.0194. The Morgan fingerprint density at radius 3 is 2.41 bits per heavy atom. The van der Waals surface area contributed by atoms with Crippen LogP contribution in [-0.4, -0.2) is 52.9 Å². The summed E-state index contributed by atoms with van der Waals surface area (Å²) in [4.78, 5) is 38.6. The van der Waals surface area contributed by atoms with Crippen molar-refractivity contribution >= 4 is 17.8 Å². The van der Waals surface area contributed by atoms with Crippen LogP contribution in [0.15, 0.2) is 73.1 Å². The highest BCUT2D eigenvalue weighted by molar-refractivity contribution is 5.98. The van der Waals surface area contributed by atoms with E-state index in [2.05, 4.69) is 32.3 Å². The molecule has 2 aliphatic heterocycles. The maximum atomic E-state index is 13.0. The second kappa shape index (κ2) is 10.0. The molecule has 1 N–H and O–H groups in total. The topological polar surface area (TPSA) is 78.4 Å². The number of carbonyl (C=O) groups excluding carboxylic acids is 2. The molecular formula is C27H29N5O2. The van der Waals surface area contributed by atoms with E-state index < -0.39 is 0 Å². The smallest absolute Gasteiger partial charge is 0.254 e. The SMILES string of the molecule is O=C(NCC(CN1Cc2ccccc2C1=O)c1ccccc1)C1CCN(c2ncccn2)CC1. The number of nitrogens with zero attached hydrogens (tertiary/aromatic N) is 4. The lowest BCUT2D eigenvalue weighted by Gasteiger charge is -2.31. The van der Waals surface area contributed by atoms with Gasteiger partial charge in [-0.3, -0.25) is 9.59 Å². The highest BCUT2D eigenvalue weighted by Gasteiger charge is 2.30. The first-order valence-corrected chi connectivity index (χ1v) is 11.9. The van der Waals surface area contributed by atoms with Gasteiger partial charge in [0.15, 0.2) is 0 Å². The summed E-state index contributed by atoms with van der Waals surface area (Å²) >= 11 is 0. The Kier molecular flexibility index (Phi) is 6.51. The molecule has 2 aromatic carbocycles. The van der Waals surface area contributed by atoms with Crippen molar-refractivity contribution in [1.82, 2.24) is 20.2 Å². The lowest BCUT2D eigenvalue weighted by molar-refractivity contribution is -0.125. The van der Waals surface area contributed by atoms with Crippen LogP contribution in [0.1, 0.15) is 40.2 Å². The van der Waals surface area contributed by atoms with Gasteiger partial charge >= 0.3 is 0 Å². The van der Waals surface area contributed by atoms with Gasteiger partial charge in [-0.25, -0.2) is 9.97 Å². The van der Waals surface area contributed by atoms with Gasteiger partial charge in [0.1, 0.15) is 0 Å². The van der Waals surface area contributed by atoms with Crippen LogP contribution in [-0.2, 0) is 11.3 Å². The molecule has 174 valence electrons. The molecule has 1 atom stereocenters. The lowest BCUT2D eigenvalue weighted by Crippen LogP contribution is -2.43. The summed E-state index contributed by atoms with van der Waals surface area (Å²) in [5.41, 5.74) is 2.98. The zero-order valence-electron chi connectivity index (χ0n) is 19.1. The van der Waals surface area contributed by atoms with Crippen LogP contribution < -0.4 is 10.2 Å². The van der Waals surface area contributed by atoms with Crippen LogP contribution in [0.3, 0.4) is 0 Å². The van der Waals surface area contributed by atoms with E-state index in [4.69, 9.17) is 0 Å². The third-order valence-corrected chi connectivity index (χ3v) is 6.83. The van der Waals surface area contributed by atoms with Gasteiger partial charge in [-0.1, -0.05) is 48.5 Å². The molecule has 1 aromatic heterocycles. The molecule has 3 aromatic rings. The molecule has 2 amide bonds. The largest absolute Gasteiger partial charge is 0.355 e. The number of benzene rings is 2. The predicted octanol–water partition coefficient (Wildman–Crippen LogP) is 3.25. The molecule has 3 heterocycles. The molecule has 0 saturated carbocycles. The molecule has 1 fully saturated rings. The predicted molar refractivity (Wildman–Crippen MR) is 130 cm³/mol. The van der Waals surface area contributed by atoms with E-state index in [1.807, 2.05) is 47.4 Å². The summed E-state index contributed by atoms with van der Waals surface area (Å²) in [5, 5.41) is 3.19. The van der Waals surface area contributed by atoms with Gasteiger partial charge in [-0.15, -0.1) is 0 Å². The highest BCUT2D eigenvalue weighted by atomic mass is 16.2. The Hall–Kier alpha value is -3.74. The minimum atomic E-state index is -0.0194. The molecule has 1 unspecified atom stereocenters. The molecule has 7 heteroatoms. The fraction of sp³-hybridized carbons (Fsp3) is 0.333. The van der Waals surface area contributed by atoms with Crippen molar-refractivity contribution < 1.29 is 9.59 Å². The van der Waals surface area contributed by atoms with E-state index in [9.17, 15) is 9.59 Å². The molecule has 0 bridgehead atoms. The third-order valence-electron chi connectivity index (χ3n) is 6.83. The first kappa shape index (κ1) is 22.1. The minimum Gasteiger partial charge on any atom is -0.355 e. The zero-order valence-corrected chi connectivity index (χ0v) is 19.1. The summed E-state index contributed by atoms with van der Waals surface area (Å²) in [7, 11) is 0. The van der Waals surface area contributed by atoms with Crippen LogP contribution >= 0.6 is 0 Å². The maximum absolute atomic E-state index is 13.0. The number of nitrogens with one attached hydrogen (secondary N) is 1. The van der Waals surface area contributed by atoms with Crippen LogP contribution in [0.5, 0.6) is 0 Å². The molecule has 0 radical (unpaired) electrons. The van der Waals surface area contributed by atoms with Crippen LogP contribution in [0.4, 0.5) is 5.95 Å². The van der Waals surface area contributed by atoms with E-state index in [-0.39, 0.29) is 23.7 Å². The van der Waals surface area contributed by atoms with E-state index in [0.717, 1.165) is 48.6 Å². The van der Waals surface area contributed by atoms with Crippen molar-refractivity contribution in [2.75, 3.05) is 31.1 Å². The van der Waals surface area contributed by atoms with Crippen LogP contribution in [0.2, 0.25) is 0 Å². The zero-order chi connectivity index (χ0) is 23.3. The molecular weight excluding hydrogens is 426 g/mol. The van der Waals surface area contributed by atoms with Gasteiger partial charge in [0.25, 0.3) is 5.91 Å². The number of aromatic nitrogens is 2. The second-order valence-corrected chi connectivity index (χ2v) is 9.01. The van der Waals surface area contributed by atoms with Crippen molar-refractivity contribution in [1.29, 1.82) is 0 Å². The third kappa shape index (κ3) is 4.78. The highest BCUT2D eigenvalue weighted by Crippen LogP contribution is 2.26. The van der Waals surface area contributed by atoms with Crippen molar-refractivity contribution in [3.8, 4) is 0 Å². The van der Waals surface area contributed by atoms with Gasteiger partial charge in [0, 0.05) is 62.5 Å². The Morgan fingerprint density at radius 2 is 1.68 bits per heavy atom. The molecule has 0 aliphatic carbocycles. The van der Waals surface area contributed by atoms with Gasteiger partial charge in [-0.05, 0) is 36.1 Å². The molecule has 5 rings (SSSR count). The number of piperidine rings is 1. The normalized spacial score (nSPS) is 16.9. The second-order valence-electron chi connectivity index (χ2n) is 9.01. The lowest BCUT2D eigenvalue weighted by atomic mass is 9.94. The van der Waals surface area contributed by atoms with Crippen LogP contribution in [0, 0.1) is 5.92 Å². The van der Waals surface area contributed by atoms with Crippen molar-refractivity contribution in [3.63, 3.8) is 0 Å². The monoisotopic (exact) mass is 455 g/mol. The fourth-order valence-corrected chi connectivity index (χ4v) is 4.91. The summed E-state index contributed by atoms with van der Waals surface area (Å²) in [6, 6.07) is 19.7. The average Bonchev–Trinajstić information content (AvgIpc) is 3.22. The van der Waals surface area contributed by atoms with Gasteiger partial charge < -0.3 is 15.1 Å². The molecule has 2 aliphatic rings. The average molecular weight is 456 g/mol. The standard InChI is InChI=1S/C27H29N5O2/c33-25(21-11-15-31(16-12-21)27-28-13-6-14-29-27)30-17-23(20-7-2-1-3-8-20)19-32-18-22-9-4-5-10-24(22)26(32)34/h1-10,13-14,21,23H,11-12,15-19H2,(H,30,33). The number of amides is 2. The van der Waals surface area contributed by atoms with E-state index in [0.29, 0.717) is 19.6 Å². The summed E-state index contributed by atoms with van der Waals surface area (Å²) in [6.07, 6.45) is 5.04. The number of fused-ring (bicyclic) bond motifs is 1. The van der Waals surface area contributed by atoms with E-state index >= 15 is 0 Å². The summed E-state index contributed by atoms with van der Waals surface area (Å²) < 4.78 is 0. The molecule has 7 nitrogen and oxygen atoms in total. The van der Waals surface area contributed by atoms with Crippen molar-refractivity contribution in [3.05, 3.63) is 89.7 Å². The van der Waals surface area contributed by atoms with Crippen LogP contribution in [0.25, 0.3) is 0 Å². The fourth-order valence-electron chi connectivity index (χ4n) is 4.91. The Balaban J connectivity index is 1.20. The Bertz CT molecular complexity index is 1130. The van der Waals surface area contributed by atoms with E-state index in [1.54, 1.807) is 18.5 Å². The number of carbonyl (C=O) groups is 2. The number of hydrogen-bond acceptors (Lipinski definition) is 5. The molecule has 34 heavy (non-hydrogen) atoms.